The number of halogens is 1. The molecule has 1 aromatic heterocycles. The molecule has 0 aliphatic carbocycles. The van der Waals surface area contributed by atoms with Crippen LogP contribution in [0.25, 0.3) is 23.6 Å². The lowest BCUT2D eigenvalue weighted by Crippen LogP contribution is -1.86. The van der Waals surface area contributed by atoms with Crippen LogP contribution in [0.2, 0.25) is 0 Å². The Morgan fingerprint density at radius 3 is 2.57 bits per heavy atom. The number of hydrogen-bond donors (Lipinski definition) is 0. The first-order chi connectivity index (χ1) is 11.1. The van der Waals surface area contributed by atoms with Crippen molar-refractivity contribution in [3.8, 4) is 11.5 Å². The Hall–Kier alpha value is -3.35. The molecule has 0 spiro atoms. The molecule has 3 aromatic rings. The minimum Gasteiger partial charge on any atom is -0.417 e. The molecule has 6 nitrogen and oxygen atoms in total. The molecule has 0 aliphatic rings. The van der Waals surface area contributed by atoms with E-state index < -0.39 is 4.92 Å². The maximum absolute atomic E-state index is 13.2. The third kappa shape index (κ3) is 3.46. The highest BCUT2D eigenvalue weighted by atomic mass is 19.1. The molecule has 1 heterocycles. The zero-order valence-corrected chi connectivity index (χ0v) is 11.7. The number of nitro benzene ring substituents is 1. The second kappa shape index (κ2) is 6.18. The zero-order valence-electron chi connectivity index (χ0n) is 11.7. The zero-order chi connectivity index (χ0) is 16.2. The van der Waals surface area contributed by atoms with Crippen LogP contribution in [0.3, 0.4) is 0 Å². The molecule has 0 saturated carbocycles. The van der Waals surface area contributed by atoms with Gasteiger partial charge in [0.1, 0.15) is 5.82 Å². The van der Waals surface area contributed by atoms with Crippen molar-refractivity contribution >= 4 is 17.8 Å². The molecule has 23 heavy (non-hydrogen) atoms. The van der Waals surface area contributed by atoms with E-state index in [1.165, 1.54) is 24.3 Å². The third-order valence-corrected chi connectivity index (χ3v) is 3.03. The van der Waals surface area contributed by atoms with Gasteiger partial charge in [-0.05, 0) is 42.0 Å². The Morgan fingerprint density at radius 2 is 1.87 bits per heavy atom. The normalized spacial score (nSPS) is 11.0. The largest absolute Gasteiger partial charge is 0.417 e. The van der Waals surface area contributed by atoms with Gasteiger partial charge in [0.25, 0.3) is 5.69 Å². The van der Waals surface area contributed by atoms with Gasteiger partial charge in [0.05, 0.1) is 4.92 Å². The van der Waals surface area contributed by atoms with Crippen molar-refractivity contribution in [3.05, 3.63) is 75.9 Å². The molecule has 0 aliphatic heterocycles. The number of nitro groups is 1. The molecule has 7 heteroatoms. The van der Waals surface area contributed by atoms with Gasteiger partial charge in [-0.1, -0.05) is 6.07 Å². The molecule has 0 atom stereocenters. The van der Waals surface area contributed by atoms with E-state index in [9.17, 15) is 14.5 Å². The van der Waals surface area contributed by atoms with Gasteiger partial charge in [-0.15, -0.1) is 10.2 Å². The Kier molecular flexibility index (Phi) is 3.92. The minimum absolute atomic E-state index is 0.0216. The van der Waals surface area contributed by atoms with Crippen molar-refractivity contribution in [2.75, 3.05) is 0 Å². The summed E-state index contributed by atoms with van der Waals surface area (Å²) >= 11 is 0. The highest BCUT2D eigenvalue weighted by molar-refractivity contribution is 5.67. The summed E-state index contributed by atoms with van der Waals surface area (Å²) in [5.74, 6) is 0.0825. The van der Waals surface area contributed by atoms with Crippen molar-refractivity contribution in [3.63, 3.8) is 0 Å². The summed E-state index contributed by atoms with van der Waals surface area (Å²) in [5, 5.41) is 18.3. The van der Waals surface area contributed by atoms with E-state index in [0.29, 0.717) is 5.56 Å². The number of aromatic nitrogens is 2. The maximum atomic E-state index is 13.2. The first-order valence-corrected chi connectivity index (χ1v) is 6.64. The molecule has 114 valence electrons. The lowest BCUT2D eigenvalue weighted by Gasteiger charge is -1.94. The lowest BCUT2D eigenvalue weighted by atomic mass is 10.2. The quantitative estimate of drug-likeness (QED) is 0.538. The van der Waals surface area contributed by atoms with Gasteiger partial charge in [0.15, 0.2) is 0 Å². The van der Waals surface area contributed by atoms with Crippen LogP contribution >= 0.6 is 0 Å². The second-order valence-corrected chi connectivity index (χ2v) is 4.64. The molecule has 0 unspecified atom stereocenters. The fraction of sp³-hybridized carbons (Fsp3) is 0. The van der Waals surface area contributed by atoms with Gasteiger partial charge in [-0.2, -0.15) is 0 Å². The Bertz CT molecular complexity index is 872. The molecule has 0 N–H and O–H groups in total. The molecular weight excluding hydrogens is 301 g/mol. The van der Waals surface area contributed by atoms with Crippen LogP contribution in [-0.4, -0.2) is 15.1 Å². The molecule has 3 rings (SSSR count). The second-order valence-electron chi connectivity index (χ2n) is 4.64. The number of nitrogens with zero attached hydrogens (tertiary/aromatic N) is 3. The summed E-state index contributed by atoms with van der Waals surface area (Å²) < 4.78 is 18.6. The van der Waals surface area contributed by atoms with Gasteiger partial charge in [0.2, 0.25) is 11.8 Å². The average molecular weight is 311 g/mol. The van der Waals surface area contributed by atoms with Crippen LogP contribution < -0.4 is 0 Å². The van der Waals surface area contributed by atoms with Crippen LogP contribution in [0.4, 0.5) is 10.1 Å². The van der Waals surface area contributed by atoms with E-state index in [1.54, 1.807) is 36.4 Å². The molecule has 0 bridgehead atoms. The van der Waals surface area contributed by atoms with E-state index in [4.69, 9.17) is 4.42 Å². The summed E-state index contributed by atoms with van der Waals surface area (Å²) in [5.41, 5.74) is 1.27. The van der Waals surface area contributed by atoms with Crippen molar-refractivity contribution in [2.24, 2.45) is 0 Å². The van der Waals surface area contributed by atoms with Crippen LogP contribution in [0, 0.1) is 15.9 Å². The highest BCUT2D eigenvalue weighted by Gasteiger charge is 2.07. The fourth-order valence-corrected chi connectivity index (χ4v) is 1.91. The third-order valence-electron chi connectivity index (χ3n) is 3.03. The maximum Gasteiger partial charge on any atom is 0.269 e. The number of rotatable bonds is 4. The SMILES string of the molecule is O=[N+]([O-])c1ccc(/C=C/c2nnc(-c3cccc(F)c3)o2)cc1. The average Bonchev–Trinajstić information content (AvgIpc) is 3.02. The van der Waals surface area contributed by atoms with Crippen LogP contribution in [0.5, 0.6) is 0 Å². The van der Waals surface area contributed by atoms with Gasteiger partial charge >= 0.3 is 0 Å². The molecule has 0 saturated heterocycles. The molecular formula is C16H10FN3O3. The van der Waals surface area contributed by atoms with E-state index in [-0.39, 0.29) is 23.3 Å². The van der Waals surface area contributed by atoms with Crippen LogP contribution in [0.15, 0.2) is 52.9 Å². The summed E-state index contributed by atoms with van der Waals surface area (Å²) in [6.07, 6.45) is 3.27. The van der Waals surface area contributed by atoms with Crippen LogP contribution in [0.1, 0.15) is 11.5 Å². The van der Waals surface area contributed by atoms with E-state index in [2.05, 4.69) is 10.2 Å². The molecule has 0 fully saturated rings. The highest BCUT2D eigenvalue weighted by Crippen LogP contribution is 2.20. The summed E-state index contributed by atoms with van der Waals surface area (Å²) in [6, 6.07) is 11.9. The van der Waals surface area contributed by atoms with Gasteiger partial charge in [-0.25, -0.2) is 4.39 Å². The van der Waals surface area contributed by atoms with Crippen molar-refractivity contribution in [2.45, 2.75) is 0 Å². The lowest BCUT2D eigenvalue weighted by molar-refractivity contribution is -0.384. The Balaban J connectivity index is 1.77. The van der Waals surface area contributed by atoms with Gasteiger partial charge < -0.3 is 4.42 Å². The van der Waals surface area contributed by atoms with Gasteiger partial charge in [0, 0.05) is 23.8 Å². The minimum atomic E-state index is -0.462. The van der Waals surface area contributed by atoms with Crippen molar-refractivity contribution < 1.29 is 13.7 Å². The van der Waals surface area contributed by atoms with Gasteiger partial charge in [-0.3, -0.25) is 10.1 Å². The fourth-order valence-electron chi connectivity index (χ4n) is 1.91. The summed E-state index contributed by atoms with van der Waals surface area (Å²) in [6.45, 7) is 0. The van der Waals surface area contributed by atoms with E-state index >= 15 is 0 Å². The standard InChI is InChI=1S/C16H10FN3O3/c17-13-3-1-2-12(10-13)16-19-18-15(23-16)9-6-11-4-7-14(8-5-11)20(21)22/h1-10H/b9-6+. The van der Waals surface area contributed by atoms with E-state index in [0.717, 1.165) is 5.56 Å². The van der Waals surface area contributed by atoms with Crippen LogP contribution in [-0.2, 0) is 0 Å². The number of hydrogen-bond acceptors (Lipinski definition) is 5. The van der Waals surface area contributed by atoms with E-state index in [1.807, 2.05) is 0 Å². The monoisotopic (exact) mass is 311 g/mol. The molecule has 2 aromatic carbocycles. The number of non-ortho nitro benzene ring substituents is 1. The summed E-state index contributed by atoms with van der Waals surface area (Å²) in [7, 11) is 0. The number of benzene rings is 2. The Morgan fingerprint density at radius 1 is 1.09 bits per heavy atom. The first kappa shape index (κ1) is 14.6. The Labute approximate surface area is 130 Å². The smallest absolute Gasteiger partial charge is 0.269 e. The topological polar surface area (TPSA) is 82.1 Å². The predicted molar refractivity (Wildman–Crippen MR) is 81.7 cm³/mol. The van der Waals surface area contributed by atoms with Crippen molar-refractivity contribution in [1.82, 2.24) is 10.2 Å². The van der Waals surface area contributed by atoms with Crippen molar-refractivity contribution in [1.29, 1.82) is 0 Å². The predicted octanol–water partition coefficient (Wildman–Crippen LogP) is 3.95. The molecule has 0 radical (unpaired) electrons. The summed E-state index contributed by atoms with van der Waals surface area (Å²) in [4.78, 5) is 10.1. The first-order valence-electron chi connectivity index (χ1n) is 6.64. The molecule has 0 amide bonds.